The maximum absolute atomic E-state index is 11.8. The number of rotatable bonds is 3. The largest absolute Gasteiger partial charge is 0.342 e. The number of amides is 1. The van der Waals surface area contributed by atoms with Gasteiger partial charge in [0.1, 0.15) is 0 Å². The highest BCUT2D eigenvalue weighted by atomic mass is 35.5. The number of hydrogen-bond donors (Lipinski definition) is 1. The molecule has 2 fully saturated rings. The van der Waals surface area contributed by atoms with E-state index < -0.39 is 0 Å². The van der Waals surface area contributed by atoms with E-state index in [1.54, 1.807) is 0 Å². The molecule has 1 N–H and O–H groups in total. The van der Waals surface area contributed by atoms with Crippen LogP contribution < -0.4 is 5.32 Å². The minimum absolute atomic E-state index is 0. The Morgan fingerprint density at radius 1 is 1.44 bits per heavy atom. The highest BCUT2D eigenvalue weighted by molar-refractivity contribution is 5.85. The van der Waals surface area contributed by atoms with Crippen LogP contribution in [0.3, 0.4) is 0 Å². The first kappa shape index (κ1) is 13.8. The summed E-state index contributed by atoms with van der Waals surface area (Å²) >= 11 is 0. The SMILES string of the molecule is CCCCC(=O)N1CCC2(CCNC2)C1.Cl. The Balaban J connectivity index is 0.00000128. The van der Waals surface area contributed by atoms with Gasteiger partial charge in [-0.1, -0.05) is 13.3 Å². The predicted octanol–water partition coefficient (Wildman–Crippen LogP) is 1.81. The average molecular weight is 247 g/mol. The molecule has 16 heavy (non-hydrogen) atoms. The molecular formula is C12H23ClN2O. The Hall–Kier alpha value is -0.280. The van der Waals surface area contributed by atoms with Crippen LogP contribution in [0, 0.1) is 5.41 Å². The fourth-order valence-corrected chi connectivity index (χ4v) is 2.78. The fraction of sp³-hybridized carbons (Fsp3) is 0.917. The first-order chi connectivity index (χ1) is 7.26. The van der Waals surface area contributed by atoms with Crippen LogP contribution in [-0.2, 0) is 4.79 Å². The summed E-state index contributed by atoms with van der Waals surface area (Å²) in [6, 6.07) is 0. The zero-order chi connectivity index (χ0) is 10.7. The van der Waals surface area contributed by atoms with Crippen LogP contribution in [-0.4, -0.2) is 37.0 Å². The molecule has 1 unspecified atom stereocenters. The molecule has 4 heteroatoms. The number of likely N-dealkylation sites (tertiary alicyclic amines) is 1. The second kappa shape index (κ2) is 5.87. The van der Waals surface area contributed by atoms with Crippen molar-refractivity contribution in [3.63, 3.8) is 0 Å². The predicted molar refractivity (Wildman–Crippen MR) is 67.9 cm³/mol. The molecule has 2 heterocycles. The van der Waals surface area contributed by atoms with E-state index >= 15 is 0 Å². The van der Waals surface area contributed by atoms with Crippen molar-refractivity contribution in [2.24, 2.45) is 5.41 Å². The van der Waals surface area contributed by atoms with Gasteiger partial charge in [-0.15, -0.1) is 12.4 Å². The molecule has 0 aliphatic carbocycles. The normalized spacial score (nSPS) is 28.4. The van der Waals surface area contributed by atoms with Crippen molar-refractivity contribution in [1.82, 2.24) is 10.2 Å². The first-order valence-corrected chi connectivity index (χ1v) is 6.24. The van der Waals surface area contributed by atoms with Crippen LogP contribution in [0.1, 0.15) is 39.0 Å². The second-order valence-corrected chi connectivity index (χ2v) is 5.10. The Labute approximate surface area is 104 Å². The lowest BCUT2D eigenvalue weighted by molar-refractivity contribution is -0.130. The van der Waals surface area contributed by atoms with E-state index in [2.05, 4.69) is 17.1 Å². The van der Waals surface area contributed by atoms with Gasteiger partial charge in [0.25, 0.3) is 0 Å². The molecular weight excluding hydrogens is 224 g/mol. The third kappa shape index (κ3) is 2.89. The molecule has 94 valence electrons. The van der Waals surface area contributed by atoms with Gasteiger partial charge in [-0.05, 0) is 25.8 Å². The van der Waals surface area contributed by atoms with Gasteiger partial charge in [0.15, 0.2) is 0 Å². The number of carbonyl (C=O) groups is 1. The maximum Gasteiger partial charge on any atom is 0.222 e. The van der Waals surface area contributed by atoms with E-state index in [0.29, 0.717) is 11.3 Å². The zero-order valence-electron chi connectivity index (χ0n) is 10.1. The Kier molecular flexibility index (Phi) is 5.06. The number of carbonyl (C=O) groups excluding carboxylic acids is 1. The molecule has 1 atom stereocenters. The van der Waals surface area contributed by atoms with Crippen LogP contribution in [0.5, 0.6) is 0 Å². The molecule has 1 amide bonds. The maximum atomic E-state index is 11.8. The summed E-state index contributed by atoms with van der Waals surface area (Å²) in [5, 5.41) is 3.42. The van der Waals surface area contributed by atoms with Crippen molar-refractivity contribution >= 4 is 18.3 Å². The molecule has 2 aliphatic heterocycles. The molecule has 0 bridgehead atoms. The second-order valence-electron chi connectivity index (χ2n) is 5.10. The molecule has 0 radical (unpaired) electrons. The van der Waals surface area contributed by atoms with Crippen molar-refractivity contribution in [3.05, 3.63) is 0 Å². The molecule has 2 saturated heterocycles. The summed E-state index contributed by atoms with van der Waals surface area (Å²) in [4.78, 5) is 13.9. The standard InChI is InChI=1S/C12H22N2O.ClH/c1-2-3-4-11(15)14-8-6-12(10-14)5-7-13-9-12;/h13H,2-10H2,1H3;1H. The van der Waals surface area contributed by atoms with Gasteiger partial charge in [-0.2, -0.15) is 0 Å². The van der Waals surface area contributed by atoms with Crippen molar-refractivity contribution in [1.29, 1.82) is 0 Å². The fourth-order valence-electron chi connectivity index (χ4n) is 2.78. The van der Waals surface area contributed by atoms with Crippen LogP contribution in [0.15, 0.2) is 0 Å². The number of unbranched alkanes of at least 4 members (excludes halogenated alkanes) is 1. The number of halogens is 1. The lowest BCUT2D eigenvalue weighted by Gasteiger charge is -2.22. The van der Waals surface area contributed by atoms with Crippen LogP contribution in [0.4, 0.5) is 0 Å². The summed E-state index contributed by atoms with van der Waals surface area (Å²) in [5.41, 5.74) is 0.432. The molecule has 3 nitrogen and oxygen atoms in total. The third-order valence-corrected chi connectivity index (χ3v) is 3.87. The number of nitrogens with zero attached hydrogens (tertiary/aromatic N) is 1. The lowest BCUT2D eigenvalue weighted by atomic mass is 9.86. The summed E-state index contributed by atoms with van der Waals surface area (Å²) < 4.78 is 0. The Morgan fingerprint density at radius 2 is 2.25 bits per heavy atom. The third-order valence-electron chi connectivity index (χ3n) is 3.87. The Morgan fingerprint density at radius 3 is 2.88 bits per heavy atom. The van der Waals surface area contributed by atoms with E-state index in [0.717, 1.165) is 45.4 Å². The van der Waals surface area contributed by atoms with Gasteiger partial charge in [-0.25, -0.2) is 0 Å². The van der Waals surface area contributed by atoms with E-state index in [-0.39, 0.29) is 12.4 Å². The van der Waals surface area contributed by atoms with Gasteiger partial charge < -0.3 is 10.2 Å². The van der Waals surface area contributed by atoms with Gasteiger partial charge in [-0.3, -0.25) is 4.79 Å². The van der Waals surface area contributed by atoms with E-state index in [4.69, 9.17) is 0 Å². The average Bonchev–Trinajstić information content (AvgIpc) is 2.86. The molecule has 1 spiro atoms. The molecule has 0 aromatic rings. The highest BCUT2D eigenvalue weighted by Gasteiger charge is 2.41. The van der Waals surface area contributed by atoms with Gasteiger partial charge >= 0.3 is 0 Å². The van der Waals surface area contributed by atoms with Gasteiger partial charge in [0.05, 0.1) is 0 Å². The molecule has 2 rings (SSSR count). The van der Waals surface area contributed by atoms with Crippen molar-refractivity contribution in [2.75, 3.05) is 26.2 Å². The van der Waals surface area contributed by atoms with Crippen LogP contribution in [0.2, 0.25) is 0 Å². The lowest BCUT2D eigenvalue weighted by Crippen LogP contribution is -2.33. The van der Waals surface area contributed by atoms with E-state index in [9.17, 15) is 4.79 Å². The minimum atomic E-state index is 0. The van der Waals surface area contributed by atoms with Crippen molar-refractivity contribution in [2.45, 2.75) is 39.0 Å². The van der Waals surface area contributed by atoms with Crippen LogP contribution in [0.25, 0.3) is 0 Å². The van der Waals surface area contributed by atoms with Crippen LogP contribution >= 0.6 is 12.4 Å². The molecule has 0 saturated carbocycles. The number of nitrogens with one attached hydrogen (secondary N) is 1. The van der Waals surface area contributed by atoms with Crippen molar-refractivity contribution in [3.8, 4) is 0 Å². The van der Waals surface area contributed by atoms with E-state index in [1.807, 2.05) is 0 Å². The molecule has 2 aliphatic rings. The minimum Gasteiger partial charge on any atom is -0.342 e. The summed E-state index contributed by atoms with van der Waals surface area (Å²) in [6.45, 7) is 6.38. The summed E-state index contributed by atoms with van der Waals surface area (Å²) in [6.07, 6.45) is 5.37. The monoisotopic (exact) mass is 246 g/mol. The number of hydrogen-bond acceptors (Lipinski definition) is 2. The topological polar surface area (TPSA) is 32.3 Å². The molecule has 0 aromatic heterocycles. The summed E-state index contributed by atoms with van der Waals surface area (Å²) in [7, 11) is 0. The first-order valence-electron chi connectivity index (χ1n) is 6.24. The van der Waals surface area contributed by atoms with E-state index in [1.165, 1.54) is 12.8 Å². The van der Waals surface area contributed by atoms with Gasteiger partial charge in [0, 0.05) is 31.5 Å². The zero-order valence-corrected chi connectivity index (χ0v) is 10.9. The van der Waals surface area contributed by atoms with Gasteiger partial charge in [0.2, 0.25) is 5.91 Å². The quantitative estimate of drug-likeness (QED) is 0.824. The molecule has 0 aromatic carbocycles. The van der Waals surface area contributed by atoms with Crippen molar-refractivity contribution < 1.29 is 4.79 Å². The summed E-state index contributed by atoms with van der Waals surface area (Å²) in [5.74, 6) is 0.376. The highest BCUT2D eigenvalue weighted by Crippen LogP contribution is 2.36. The smallest absolute Gasteiger partial charge is 0.222 e. The Bertz CT molecular complexity index is 239.